The SMILES string of the molecule is CCCOc1ccc(C(C)(CO)NCC)cc1OCCC. The van der Waals surface area contributed by atoms with Crippen LogP contribution in [0.1, 0.15) is 46.1 Å². The van der Waals surface area contributed by atoms with Crippen LogP contribution in [0.25, 0.3) is 0 Å². The second-order valence-electron chi connectivity index (χ2n) is 5.38. The fourth-order valence-corrected chi connectivity index (χ4v) is 2.15. The standard InChI is InChI=1S/C17H29NO3/c1-5-10-20-15-9-8-14(12-16(15)21-11-6-2)17(4,13-19)18-7-3/h8-9,12,18-19H,5-7,10-11,13H2,1-4H3. The van der Waals surface area contributed by atoms with Gasteiger partial charge >= 0.3 is 0 Å². The van der Waals surface area contributed by atoms with Crippen LogP contribution in [-0.4, -0.2) is 31.5 Å². The zero-order valence-electron chi connectivity index (χ0n) is 13.7. The molecule has 0 saturated heterocycles. The lowest BCUT2D eigenvalue weighted by molar-refractivity contribution is 0.176. The van der Waals surface area contributed by atoms with E-state index in [-0.39, 0.29) is 6.61 Å². The number of nitrogens with one attached hydrogen (secondary N) is 1. The molecular formula is C17H29NO3. The van der Waals surface area contributed by atoms with Crippen LogP contribution in [0.5, 0.6) is 11.5 Å². The first-order valence-electron chi connectivity index (χ1n) is 7.87. The van der Waals surface area contributed by atoms with E-state index in [1.807, 2.05) is 32.0 Å². The molecule has 1 aromatic rings. The van der Waals surface area contributed by atoms with E-state index in [2.05, 4.69) is 19.2 Å². The minimum atomic E-state index is -0.470. The Morgan fingerprint density at radius 1 is 1.05 bits per heavy atom. The van der Waals surface area contributed by atoms with E-state index in [1.54, 1.807) is 0 Å². The maximum atomic E-state index is 9.71. The fraction of sp³-hybridized carbons (Fsp3) is 0.647. The lowest BCUT2D eigenvalue weighted by atomic mass is 9.92. The van der Waals surface area contributed by atoms with E-state index in [0.29, 0.717) is 13.2 Å². The van der Waals surface area contributed by atoms with Crippen LogP contribution < -0.4 is 14.8 Å². The Bertz CT molecular complexity index is 422. The van der Waals surface area contributed by atoms with Gasteiger partial charge in [-0.15, -0.1) is 0 Å². The van der Waals surface area contributed by atoms with Crippen LogP contribution in [0, 0.1) is 0 Å². The Hall–Kier alpha value is -1.26. The highest BCUT2D eigenvalue weighted by atomic mass is 16.5. The van der Waals surface area contributed by atoms with Gasteiger partial charge in [-0.05, 0) is 44.0 Å². The van der Waals surface area contributed by atoms with Gasteiger partial charge in [0.15, 0.2) is 11.5 Å². The molecule has 0 aliphatic carbocycles. The number of hydrogen-bond donors (Lipinski definition) is 2. The molecule has 2 N–H and O–H groups in total. The van der Waals surface area contributed by atoms with Gasteiger partial charge in [0.05, 0.1) is 25.4 Å². The maximum Gasteiger partial charge on any atom is 0.161 e. The lowest BCUT2D eigenvalue weighted by Crippen LogP contribution is -2.42. The number of aliphatic hydroxyl groups is 1. The first-order valence-corrected chi connectivity index (χ1v) is 7.87. The molecule has 1 unspecified atom stereocenters. The van der Waals surface area contributed by atoms with Crippen LogP contribution in [0.4, 0.5) is 0 Å². The van der Waals surface area contributed by atoms with Crippen molar-refractivity contribution in [2.24, 2.45) is 0 Å². The van der Waals surface area contributed by atoms with Gasteiger partial charge in [0, 0.05) is 0 Å². The first-order chi connectivity index (χ1) is 10.1. The lowest BCUT2D eigenvalue weighted by Gasteiger charge is -2.29. The number of aliphatic hydroxyl groups excluding tert-OH is 1. The van der Waals surface area contributed by atoms with Gasteiger partial charge in [0.1, 0.15) is 0 Å². The number of likely N-dealkylation sites (N-methyl/N-ethyl adjacent to an activating group) is 1. The van der Waals surface area contributed by atoms with Crippen LogP contribution in [0.2, 0.25) is 0 Å². The summed E-state index contributed by atoms with van der Waals surface area (Å²) < 4.78 is 11.5. The summed E-state index contributed by atoms with van der Waals surface area (Å²) in [7, 11) is 0. The van der Waals surface area contributed by atoms with Gasteiger partial charge in [0.2, 0.25) is 0 Å². The molecule has 0 aliphatic rings. The Morgan fingerprint density at radius 2 is 1.67 bits per heavy atom. The van der Waals surface area contributed by atoms with E-state index >= 15 is 0 Å². The number of benzene rings is 1. The second kappa shape index (κ2) is 8.90. The van der Waals surface area contributed by atoms with E-state index in [0.717, 1.165) is 36.4 Å². The predicted octanol–water partition coefficient (Wildman–Crippen LogP) is 3.08. The van der Waals surface area contributed by atoms with Crippen molar-refractivity contribution in [1.82, 2.24) is 5.32 Å². The third kappa shape index (κ3) is 4.90. The molecule has 4 nitrogen and oxygen atoms in total. The number of hydrogen-bond acceptors (Lipinski definition) is 4. The smallest absolute Gasteiger partial charge is 0.161 e. The molecule has 0 heterocycles. The van der Waals surface area contributed by atoms with Crippen molar-refractivity contribution in [2.45, 2.75) is 46.1 Å². The molecule has 21 heavy (non-hydrogen) atoms. The van der Waals surface area contributed by atoms with Crippen LogP contribution in [-0.2, 0) is 5.54 Å². The largest absolute Gasteiger partial charge is 0.490 e. The van der Waals surface area contributed by atoms with Crippen molar-refractivity contribution in [1.29, 1.82) is 0 Å². The molecule has 0 radical (unpaired) electrons. The molecule has 120 valence electrons. The van der Waals surface area contributed by atoms with Crippen molar-refractivity contribution in [3.63, 3.8) is 0 Å². The van der Waals surface area contributed by atoms with Crippen LogP contribution in [0.3, 0.4) is 0 Å². The average Bonchev–Trinajstić information content (AvgIpc) is 2.51. The molecule has 0 amide bonds. The summed E-state index contributed by atoms with van der Waals surface area (Å²) >= 11 is 0. The molecule has 0 bridgehead atoms. The molecular weight excluding hydrogens is 266 g/mol. The summed E-state index contributed by atoms with van der Waals surface area (Å²) in [6.45, 7) is 10.3. The molecule has 1 rings (SSSR count). The van der Waals surface area contributed by atoms with Gasteiger partial charge in [-0.2, -0.15) is 0 Å². The summed E-state index contributed by atoms with van der Waals surface area (Å²) in [5, 5.41) is 13.0. The summed E-state index contributed by atoms with van der Waals surface area (Å²) in [4.78, 5) is 0. The van der Waals surface area contributed by atoms with E-state index in [9.17, 15) is 5.11 Å². The second-order valence-corrected chi connectivity index (χ2v) is 5.38. The first kappa shape index (κ1) is 17.8. The minimum absolute atomic E-state index is 0.0310. The summed E-state index contributed by atoms with van der Waals surface area (Å²) in [5.41, 5.74) is 0.532. The van der Waals surface area contributed by atoms with Crippen molar-refractivity contribution in [3.8, 4) is 11.5 Å². The van der Waals surface area contributed by atoms with Crippen molar-refractivity contribution < 1.29 is 14.6 Å². The monoisotopic (exact) mass is 295 g/mol. The van der Waals surface area contributed by atoms with E-state index in [4.69, 9.17) is 9.47 Å². The Morgan fingerprint density at radius 3 is 2.19 bits per heavy atom. The highest BCUT2D eigenvalue weighted by Crippen LogP contribution is 2.33. The van der Waals surface area contributed by atoms with Crippen LogP contribution in [0.15, 0.2) is 18.2 Å². The van der Waals surface area contributed by atoms with Crippen molar-refractivity contribution in [2.75, 3.05) is 26.4 Å². The highest BCUT2D eigenvalue weighted by Gasteiger charge is 2.25. The summed E-state index contributed by atoms with van der Waals surface area (Å²) in [6, 6.07) is 5.89. The molecule has 0 fully saturated rings. The molecule has 1 atom stereocenters. The average molecular weight is 295 g/mol. The van der Waals surface area contributed by atoms with Crippen molar-refractivity contribution >= 4 is 0 Å². The van der Waals surface area contributed by atoms with Gasteiger partial charge in [0.25, 0.3) is 0 Å². The molecule has 0 spiro atoms. The summed E-state index contributed by atoms with van der Waals surface area (Å²) in [5.74, 6) is 1.52. The molecule has 4 heteroatoms. The third-order valence-corrected chi connectivity index (χ3v) is 3.39. The predicted molar refractivity (Wildman–Crippen MR) is 86.1 cm³/mol. The topological polar surface area (TPSA) is 50.7 Å². The van der Waals surface area contributed by atoms with Crippen LogP contribution >= 0.6 is 0 Å². The number of ether oxygens (including phenoxy) is 2. The molecule has 0 aliphatic heterocycles. The van der Waals surface area contributed by atoms with E-state index in [1.165, 1.54) is 0 Å². The van der Waals surface area contributed by atoms with Crippen molar-refractivity contribution in [3.05, 3.63) is 23.8 Å². The van der Waals surface area contributed by atoms with Gasteiger partial charge in [-0.1, -0.05) is 26.8 Å². The molecule has 0 saturated carbocycles. The Kier molecular flexibility index (Phi) is 7.54. The Balaban J connectivity index is 3.06. The zero-order valence-corrected chi connectivity index (χ0v) is 13.7. The minimum Gasteiger partial charge on any atom is -0.490 e. The number of rotatable bonds is 10. The summed E-state index contributed by atoms with van der Waals surface area (Å²) in [6.07, 6.45) is 1.91. The maximum absolute atomic E-state index is 9.71. The normalized spacial score (nSPS) is 13.8. The zero-order chi connectivity index (χ0) is 15.7. The highest BCUT2D eigenvalue weighted by molar-refractivity contribution is 5.45. The van der Waals surface area contributed by atoms with Gasteiger partial charge < -0.3 is 19.9 Å². The molecule has 1 aromatic carbocycles. The quantitative estimate of drug-likeness (QED) is 0.696. The fourth-order valence-electron chi connectivity index (χ4n) is 2.15. The Labute approximate surface area is 128 Å². The van der Waals surface area contributed by atoms with E-state index < -0.39 is 5.54 Å². The van der Waals surface area contributed by atoms with Gasteiger partial charge in [-0.3, -0.25) is 0 Å². The third-order valence-electron chi connectivity index (χ3n) is 3.39. The molecule has 0 aromatic heterocycles. The van der Waals surface area contributed by atoms with Gasteiger partial charge in [-0.25, -0.2) is 0 Å².